The molecule has 0 bridgehead atoms. The van der Waals surface area contributed by atoms with Gasteiger partial charge in [-0.15, -0.1) is 0 Å². The van der Waals surface area contributed by atoms with Gasteiger partial charge in [-0.25, -0.2) is 0 Å². The lowest BCUT2D eigenvalue weighted by molar-refractivity contribution is 0.490. The second-order valence-corrected chi connectivity index (χ2v) is 14.1. The highest BCUT2D eigenvalue weighted by Crippen LogP contribution is 2.54. The molecule has 0 fully saturated rings. The minimum atomic E-state index is -0.0444. The molecule has 1 aliphatic rings. The molecule has 1 aliphatic carbocycles. The average molecular weight is 672 g/mol. The second-order valence-electron chi connectivity index (χ2n) is 14.1. The van der Waals surface area contributed by atoms with Crippen molar-refractivity contribution in [2.24, 2.45) is 0 Å². The fourth-order valence-electron chi connectivity index (χ4n) is 8.39. The van der Waals surface area contributed by atoms with E-state index in [0.29, 0.717) is 0 Å². The van der Waals surface area contributed by atoms with Crippen LogP contribution in [0.15, 0.2) is 164 Å². The molecule has 1 heteroatoms. The molecule has 1 nitrogen and oxygen atoms in total. The van der Waals surface area contributed by atoms with Gasteiger partial charge in [0.2, 0.25) is 0 Å². The summed E-state index contributed by atoms with van der Waals surface area (Å²) < 4.78 is 0. The zero-order valence-electron chi connectivity index (χ0n) is 30.6. The standard InChI is InChI=1S/C51H45N/c1-5-51(6-2)49-34-39(23-22-38-24-27-41(28-25-38)46-33-32-45(36(3)37(46)4)40-16-10-7-11-17-40)26-30-47(49)48-31-29-44(35-50(48)51)52(42-18-12-8-13-19-42)43-20-14-9-15-21-43/h7-35H,5-6H2,1-4H3. The van der Waals surface area contributed by atoms with Crippen LogP contribution in [0, 0.1) is 13.8 Å². The summed E-state index contributed by atoms with van der Waals surface area (Å²) >= 11 is 0. The zero-order valence-corrected chi connectivity index (χ0v) is 30.6. The van der Waals surface area contributed by atoms with Crippen molar-refractivity contribution in [3.05, 3.63) is 197 Å². The Morgan fingerprint density at radius 1 is 0.423 bits per heavy atom. The van der Waals surface area contributed by atoms with Crippen molar-refractivity contribution in [3.63, 3.8) is 0 Å². The molecule has 0 amide bonds. The van der Waals surface area contributed by atoms with E-state index in [-0.39, 0.29) is 5.41 Å². The van der Waals surface area contributed by atoms with Gasteiger partial charge in [0, 0.05) is 22.5 Å². The molecule has 0 aromatic heterocycles. The number of anilines is 3. The number of benzene rings is 7. The molecule has 0 aliphatic heterocycles. The zero-order chi connectivity index (χ0) is 35.7. The van der Waals surface area contributed by atoms with E-state index >= 15 is 0 Å². The number of hydrogen-bond acceptors (Lipinski definition) is 1. The lowest BCUT2D eigenvalue weighted by Crippen LogP contribution is -2.23. The van der Waals surface area contributed by atoms with Crippen LogP contribution in [-0.4, -0.2) is 0 Å². The predicted molar refractivity (Wildman–Crippen MR) is 224 cm³/mol. The monoisotopic (exact) mass is 671 g/mol. The first kappa shape index (κ1) is 33.2. The smallest absolute Gasteiger partial charge is 0.0465 e. The summed E-state index contributed by atoms with van der Waals surface area (Å²) in [5.41, 5.74) is 19.3. The normalized spacial score (nSPS) is 12.8. The first-order chi connectivity index (χ1) is 25.5. The lowest BCUT2D eigenvalue weighted by atomic mass is 9.73. The maximum atomic E-state index is 2.46. The molecule has 0 radical (unpaired) electrons. The van der Waals surface area contributed by atoms with E-state index in [1.807, 2.05) is 0 Å². The SMILES string of the molecule is CCC1(CC)c2cc(C=Cc3ccc(-c4ccc(-c5ccccc5)c(C)c4C)cc3)ccc2-c2ccc(N(c3ccccc3)c3ccccc3)cc21. The van der Waals surface area contributed by atoms with Crippen molar-refractivity contribution in [3.8, 4) is 33.4 Å². The van der Waals surface area contributed by atoms with E-state index in [2.05, 4.69) is 209 Å². The molecule has 0 heterocycles. The van der Waals surface area contributed by atoms with Gasteiger partial charge in [0.25, 0.3) is 0 Å². The van der Waals surface area contributed by atoms with E-state index in [1.165, 1.54) is 72.4 Å². The van der Waals surface area contributed by atoms with Gasteiger partial charge >= 0.3 is 0 Å². The van der Waals surface area contributed by atoms with Gasteiger partial charge in [-0.1, -0.05) is 153 Å². The summed E-state index contributed by atoms with van der Waals surface area (Å²) in [5.74, 6) is 0. The van der Waals surface area contributed by atoms with Gasteiger partial charge < -0.3 is 4.90 Å². The predicted octanol–water partition coefficient (Wildman–Crippen LogP) is 14.4. The number of para-hydroxylation sites is 2. The molecule has 7 aromatic rings. The third kappa shape index (κ3) is 5.87. The first-order valence-electron chi connectivity index (χ1n) is 18.6. The molecule has 8 rings (SSSR count). The van der Waals surface area contributed by atoms with E-state index in [4.69, 9.17) is 0 Å². The molecule has 0 atom stereocenters. The molecule has 52 heavy (non-hydrogen) atoms. The fraction of sp³-hybridized carbons (Fsp3) is 0.137. The highest BCUT2D eigenvalue weighted by Gasteiger charge is 2.41. The summed E-state index contributed by atoms with van der Waals surface area (Å²) in [6.07, 6.45) is 6.61. The minimum absolute atomic E-state index is 0.0444. The van der Waals surface area contributed by atoms with Crippen LogP contribution in [0.1, 0.15) is 60.1 Å². The number of nitrogens with zero attached hydrogens (tertiary/aromatic N) is 1. The maximum Gasteiger partial charge on any atom is 0.0465 e. The highest BCUT2D eigenvalue weighted by molar-refractivity contribution is 5.87. The van der Waals surface area contributed by atoms with Crippen LogP contribution in [-0.2, 0) is 5.41 Å². The van der Waals surface area contributed by atoms with Crippen molar-refractivity contribution < 1.29 is 0 Å². The molecule has 0 saturated heterocycles. The van der Waals surface area contributed by atoms with Gasteiger partial charge in [0.15, 0.2) is 0 Å². The third-order valence-electron chi connectivity index (χ3n) is 11.4. The van der Waals surface area contributed by atoms with Crippen LogP contribution in [0.4, 0.5) is 17.1 Å². The third-order valence-corrected chi connectivity index (χ3v) is 11.4. The van der Waals surface area contributed by atoms with Crippen molar-refractivity contribution >= 4 is 29.2 Å². The number of fused-ring (bicyclic) bond motifs is 3. The Labute approximate surface area is 309 Å². The van der Waals surface area contributed by atoms with Crippen LogP contribution in [0.5, 0.6) is 0 Å². The van der Waals surface area contributed by atoms with E-state index in [9.17, 15) is 0 Å². The maximum absolute atomic E-state index is 2.46. The van der Waals surface area contributed by atoms with Crippen LogP contribution in [0.3, 0.4) is 0 Å². The van der Waals surface area contributed by atoms with Crippen molar-refractivity contribution in [1.82, 2.24) is 0 Å². The van der Waals surface area contributed by atoms with Crippen LogP contribution in [0.25, 0.3) is 45.5 Å². The van der Waals surface area contributed by atoms with Crippen LogP contribution in [0.2, 0.25) is 0 Å². The topological polar surface area (TPSA) is 3.24 Å². The van der Waals surface area contributed by atoms with Crippen molar-refractivity contribution in [2.75, 3.05) is 4.90 Å². The number of hydrogen-bond donors (Lipinski definition) is 0. The van der Waals surface area contributed by atoms with E-state index in [1.54, 1.807) is 0 Å². The molecular formula is C51H45N. The summed E-state index contributed by atoms with van der Waals surface area (Å²) in [5, 5.41) is 0. The van der Waals surface area contributed by atoms with Crippen LogP contribution < -0.4 is 4.90 Å². The van der Waals surface area contributed by atoms with Gasteiger partial charge in [0.1, 0.15) is 0 Å². The Bertz CT molecular complexity index is 2320. The van der Waals surface area contributed by atoms with Gasteiger partial charge in [0.05, 0.1) is 0 Å². The molecule has 0 unspecified atom stereocenters. The van der Waals surface area contributed by atoms with Crippen LogP contribution >= 0.6 is 0 Å². The summed E-state index contributed by atoms with van der Waals surface area (Å²) in [6.45, 7) is 9.18. The first-order valence-corrected chi connectivity index (χ1v) is 18.6. The molecule has 0 spiro atoms. The Morgan fingerprint density at radius 3 is 1.42 bits per heavy atom. The Morgan fingerprint density at radius 2 is 0.865 bits per heavy atom. The fourth-order valence-corrected chi connectivity index (χ4v) is 8.39. The number of rotatable bonds is 9. The molecule has 7 aromatic carbocycles. The van der Waals surface area contributed by atoms with Gasteiger partial charge in [-0.3, -0.25) is 0 Å². The lowest BCUT2D eigenvalue weighted by Gasteiger charge is -2.32. The summed E-state index contributed by atoms with van der Waals surface area (Å²) in [4.78, 5) is 2.38. The summed E-state index contributed by atoms with van der Waals surface area (Å²) in [6, 6.07) is 59.8. The van der Waals surface area contributed by atoms with Crippen molar-refractivity contribution in [1.29, 1.82) is 0 Å². The quantitative estimate of drug-likeness (QED) is 0.138. The molecule has 0 saturated carbocycles. The summed E-state index contributed by atoms with van der Waals surface area (Å²) in [7, 11) is 0. The molecule has 0 N–H and O–H groups in total. The van der Waals surface area contributed by atoms with E-state index < -0.39 is 0 Å². The second kappa shape index (κ2) is 14.0. The average Bonchev–Trinajstić information content (AvgIpc) is 3.48. The van der Waals surface area contributed by atoms with Gasteiger partial charge in [-0.05, 0) is 130 Å². The Kier molecular flexibility index (Phi) is 8.95. The Hall–Kier alpha value is -5.92. The highest BCUT2D eigenvalue weighted by atomic mass is 15.1. The molecule has 254 valence electrons. The van der Waals surface area contributed by atoms with Crippen molar-refractivity contribution in [2.45, 2.75) is 46.0 Å². The minimum Gasteiger partial charge on any atom is -0.310 e. The van der Waals surface area contributed by atoms with E-state index in [0.717, 1.165) is 24.2 Å². The largest absolute Gasteiger partial charge is 0.310 e. The Balaban J connectivity index is 1.08. The van der Waals surface area contributed by atoms with Gasteiger partial charge in [-0.2, -0.15) is 0 Å². The molecular weight excluding hydrogens is 627 g/mol.